The second-order valence-corrected chi connectivity index (χ2v) is 38.0. The van der Waals surface area contributed by atoms with Gasteiger partial charge in [0.2, 0.25) is 0 Å². The van der Waals surface area contributed by atoms with Crippen molar-refractivity contribution in [2.75, 3.05) is 39.5 Å². The highest BCUT2D eigenvalue weighted by atomic mass is 79.9. The summed E-state index contributed by atoms with van der Waals surface area (Å²) >= 11 is 10.3. The Hall–Kier alpha value is -12.8. The molecule has 14 aromatic carbocycles. The van der Waals surface area contributed by atoms with Gasteiger partial charge in [0.1, 0.15) is 31.4 Å². The Balaban J connectivity index is 0.000000230. The molecule has 0 bridgehead atoms. The summed E-state index contributed by atoms with van der Waals surface area (Å²) in [6.07, 6.45) is -0.794. The van der Waals surface area contributed by atoms with E-state index < -0.39 is 60.7 Å². The van der Waals surface area contributed by atoms with Crippen LogP contribution in [0.1, 0.15) is 187 Å². The number of hydrogen-bond acceptors (Lipinski definition) is 15. The molecule has 149 heavy (non-hydrogen) atoms. The van der Waals surface area contributed by atoms with Crippen LogP contribution in [-0.2, 0) is 40.9 Å². The van der Waals surface area contributed by atoms with Crippen LogP contribution in [0.3, 0.4) is 0 Å². The van der Waals surface area contributed by atoms with E-state index in [2.05, 4.69) is 116 Å². The number of nitrogens with two attached hydrogens (primary N) is 1. The van der Waals surface area contributed by atoms with E-state index in [9.17, 15) is 63.5 Å². The van der Waals surface area contributed by atoms with Crippen LogP contribution in [0.5, 0.6) is 0 Å². The van der Waals surface area contributed by atoms with Crippen LogP contribution in [0.4, 0.5) is 39.5 Å². The van der Waals surface area contributed by atoms with Gasteiger partial charge in [-0.3, -0.25) is 24.0 Å². The first kappa shape index (κ1) is 121. The Morgan fingerprint density at radius 3 is 1.03 bits per heavy atom. The van der Waals surface area contributed by atoms with Gasteiger partial charge in [0.05, 0.1) is 47.7 Å². The molecule has 0 spiro atoms. The number of benzene rings is 14. The standard InChI is InChI=1S/C35H37F3N2O2.C31H23F3O2.C23H24BF3O3.C14H11BrO.C7H7BO3.C7H6Br2.C2H7NO.CH4/c1-24-28(13-14-30-21-27(23-40-17-19-42)12-15-34(30)35(36,37)38)7-4-10-32(24)33-11-5-9-31(25(33)2)29-8-3-6-26(20-29)22-39-16-18-41;1-20-24(13-14-26-17-23(19-36)12-15-30(26)31(32,33)34)7-4-10-28(20)29-11-5-9-27(21(29)2)25-8-3-6-22(16-25)18-35;1-15-17(7-6-8-20(15)24-29-21(2,3)22(4,5)30-24)10-11-18-13-16(14-28)9-12-19(18)23(25,26)27;1-10-13(6-3-7-14(10)15)12-5-2-4-11(8-12)9-16;9-5-6-2-1-3-7(4-6)8(10)11;1-5-6(8)3-2-4-7(5)9;3-1-2-4;/h3-15,20-21,39-42H,16-19,22-23H2,1-2H3;3-19H,1-2H3;6-14H,1-5H3;2-9H,1H3;1-5,10-11H;2-4H,1H3;4H,1-3H2;1H4/b2*14-13+;11-10+;;;;;. The van der Waals surface area contributed by atoms with Gasteiger partial charge in [-0.2, -0.15) is 39.5 Å². The van der Waals surface area contributed by atoms with Crippen LogP contribution in [0.15, 0.2) is 292 Å². The maximum Gasteiger partial charge on any atom is 0.495 e. The Labute approximate surface area is 891 Å². The third-order valence-corrected chi connectivity index (χ3v) is 27.4. The van der Waals surface area contributed by atoms with Crippen molar-refractivity contribution in [3.8, 4) is 55.6 Å². The van der Waals surface area contributed by atoms with E-state index >= 15 is 0 Å². The molecule has 15 rings (SSSR count). The lowest BCUT2D eigenvalue weighted by molar-refractivity contribution is -0.138. The van der Waals surface area contributed by atoms with Crippen LogP contribution in [-0.4, -0.2) is 122 Å². The molecule has 776 valence electrons. The minimum atomic E-state index is -4.53. The highest BCUT2D eigenvalue weighted by molar-refractivity contribution is 9.11. The zero-order valence-corrected chi connectivity index (χ0v) is 88.2. The van der Waals surface area contributed by atoms with Gasteiger partial charge in [0, 0.05) is 74.0 Å². The molecule has 29 heteroatoms. The Morgan fingerprint density at radius 1 is 0.336 bits per heavy atom. The number of hydrogen-bond donors (Lipinski definition) is 8. The fraction of sp³-hybridized carbons (Fsp3) is 0.208. The lowest BCUT2D eigenvalue weighted by Gasteiger charge is -2.32. The zero-order chi connectivity index (χ0) is 108. The smallest absolute Gasteiger partial charge is 0.423 e. The molecule has 9 N–H and O–H groups in total. The summed E-state index contributed by atoms with van der Waals surface area (Å²) < 4.78 is 138. The summed E-state index contributed by atoms with van der Waals surface area (Å²) in [5.74, 6) is 0. The number of aliphatic hydroxyl groups excluding tert-OH is 3. The maximum absolute atomic E-state index is 13.8. The van der Waals surface area contributed by atoms with Crippen molar-refractivity contribution >= 4 is 141 Å². The van der Waals surface area contributed by atoms with E-state index in [1.165, 1.54) is 65.8 Å². The van der Waals surface area contributed by atoms with Gasteiger partial charge in [-0.15, -0.1) is 0 Å². The lowest BCUT2D eigenvalue weighted by atomic mass is 9.75. The van der Waals surface area contributed by atoms with Gasteiger partial charge in [-0.25, -0.2) is 0 Å². The second-order valence-electron chi connectivity index (χ2n) is 35.4. The van der Waals surface area contributed by atoms with Gasteiger partial charge in [-0.05, 0) is 299 Å². The maximum atomic E-state index is 13.8. The molecule has 0 amide bonds. The van der Waals surface area contributed by atoms with Gasteiger partial charge in [-0.1, -0.05) is 298 Å². The summed E-state index contributed by atoms with van der Waals surface area (Å²) in [6, 6.07) is 81.7. The quantitative estimate of drug-likeness (QED) is 0.00783. The normalized spacial score (nSPS) is 12.4. The van der Waals surface area contributed by atoms with E-state index in [1.54, 1.807) is 42.5 Å². The Kier molecular flexibility index (Phi) is 46.7. The van der Waals surface area contributed by atoms with Crippen LogP contribution in [0.25, 0.3) is 92.1 Å². The van der Waals surface area contributed by atoms with Gasteiger partial charge < -0.3 is 51.0 Å². The number of alkyl halides is 9. The largest absolute Gasteiger partial charge is 0.495 e. The topological polar surface area (TPSA) is 255 Å². The molecule has 0 radical (unpaired) electrons. The molecule has 0 aliphatic carbocycles. The van der Waals surface area contributed by atoms with Crippen LogP contribution >= 0.6 is 47.8 Å². The van der Waals surface area contributed by atoms with Crippen molar-refractivity contribution in [2.24, 2.45) is 5.73 Å². The average molecular weight is 2230 g/mol. The molecular formula is C120H119B2Br3F9N3O12. The third kappa shape index (κ3) is 34.1. The molecule has 1 aliphatic rings. The van der Waals surface area contributed by atoms with Crippen molar-refractivity contribution in [3.63, 3.8) is 0 Å². The third-order valence-electron chi connectivity index (χ3n) is 24.8. The number of halogens is 12. The summed E-state index contributed by atoms with van der Waals surface area (Å²) in [4.78, 5) is 54.3. The second kappa shape index (κ2) is 57.3. The van der Waals surface area contributed by atoms with Crippen molar-refractivity contribution in [1.29, 1.82) is 0 Å². The van der Waals surface area contributed by atoms with E-state index in [1.807, 2.05) is 213 Å². The number of aliphatic hydroxyl groups is 3. The molecule has 0 atom stereocenters. The van der Waals surface area contributed by atoms with Crippen molar-refractivity contribution in [3.05, 3.63) is 420 Å². The Morgan fingerprint density at radius 2 is 0.638 bits per heavy atom. The molecular weight excluding hydrogens is 2110 g/mol. The van der Waals surface area contributed by atoms with Gasteiger partial charge in [0.15, 0.2) is 0 Å². The van der Waals surface area contributed by atoms with Gasteiger partial charge >= 0.3 is 32.8 Å². The molecule has 0 aromatic heterocycles. The van der Waals surface area contributed by atoms with E-state index in [0.29, 0.717) is 79.3 Å². The molecule has 14 aromatic rings. The summed E-state index contributed by atoms with van der Waals surface area (Å²) in [7, 11) is -2.07. The number of aldehydes is 5. The summed E-state index contributed by atoms with van der Waals surface area (Å²) in [5, 5.41) is 49.4. The number of carbonyl (C=O) groups is 5. The summed E-state index contributed by atoms with van der Waals surface area (Å²) in [5.41, 5.74) is 26.7. The number of carbonyl (C=O) groups excluding carboxylic acids is 5. The minimum absolute atomic E-state index is 0. The van der Waals surface area contributed by atoms with E-state index in [4.69, 9.17) is 40.4 Å². The molecule has 1 heterocycles. The average Bonchev–Trinajstić information content (AvgIpc) is 1.60. The predicted octanol–water partition coefficient (Wildman–Crippen LogP) is 27.2. The molecule has 0 unspecified atom stereocenters. The van der Waals surface area contributed by atoms with Crippen molar-refractivity contribution in [2.45, 2.75) is 126 Å². The molecule has 1 aliphatic heterocycles. The van der Waals surface area contributed by atoms with Crippen molar-refractivity contribution in [1.82, 2.24) is 10.6 Å². The van der Waals surface area contributed by atoms with Crippen LogP contribution < -0.4 is 27.3 Å². The lowest BCUT2D eigenvalue weighted by Crippen LogP contribution is -2.41. The number of nitrogens with one attached hydrogen (secondary N) is 2. The zero-order valence-electron chi connectivity index (χ0n) is 83.4. The molecule has 15 nitrogen and oxygen atoms in total. The van der Waals surface area contributed by atoms with E-state index in [-0.39, 0.29) is 55.1 Å². The van der Waals surface area contributed by atoms with E-state index in [0.717, 1.165) is 161 Å². The molecule has 0 saturated carbocycles. The highest BCUT2D eigenvalue weighted by Gasteiger charge is 2.52. The summed E-state index contributed by atoms with van der Waals surface area (Å²) in [6.45, 7) is 24.3. The first-order valence-electron chi connectivity index (χ1n) is 47.0. The first-order valence-corrected chi connectivity index (χ1v) is 49.4. The molecule has 1 saturated heterocycles. The minimum Gasteiger partial charge on any atom is -0.423 e. The van der Waals surface area contributed by atoms with Crippen molar-refractivity contribution < 1.29 is 98.2 Å². The number of rotatable bonds is 27. The fourth-order valence-corrected chi connectivity index (χ4v) is 17.3. The fourth-order valence-electron chi connectivity index (χ4n) is 15.9. The first-order chi connectivity index (χ1) is 70.4. The van der Waals surface area contributed by atoms with Crippen LogP contribution in [0, 0.1) is 48.5 Å². The predicted molar refractivity (Wildman–Crippen MR) is 596 cm³/mol. The monoisotopic (exact) mass is 2220 g/mol. The van der Waals surface area contributed by atoms with Crippen LogP contribution in [0.2, 0.25) is 0 Å². The van der Waals surface area contributed by atoms with Gasteiger partial charge in [0.25, 0.3) is 0 Å². The molecule has 1 fully saturated rings. The highest BCUT2D eigenvalue weighted by Crippen LogP contribution is 2.43. The SMILES string of the molecule is C.Cc1c(/C=C/c2cc(C=O)ccc2C(F)(F)F)cccc1-c1cccc(-c2cccc(C=O)c2)c1C.Cc1c(/C=C/c2cc(C=O)ccc2C(F)(F)F)cccc1B1OC(C)(C)C(C)(C)O1.Cc1c(/C=C/c2cc(CNCCO)ccc2C(F)(F)F)cccc1-c1cccc(-c2cccc(CNCCO)c2)c1C.Cc1c(Br)cccc1-c1cccc(C=O)c1.Cc1c(Br)cccc1Br.NCCO.O=Cc1cccc(B(O)O)c1. The Bertz CT molecular complexity index is 6990.